The Morgan fingerprint density at radius 3 is 1.90 bits per heavy atom. The van der Waals surface area contributed by atoms with Crippen LogP contribution in [0.15, 0.2) is 0 Å². The number of nitrogens with zero attached hydrogens (tertiary/aromatic N) is 2. The fraction of sp³-hybridized carbons (Fsp3) is 0.400. The predicted octanol–water partition coefficient (Wildman–Crippen LogP) is 1.37. The normalized spacial score (nSPS) is 31.2. The molecule has 0 aliphatic carbocycles. The molecule has 10 heavy (non-hydrogen) atoms. The van der Waals surface area contributed by atoms with E-state index in [2.05, 4.69) is 0 Å². The Kier molecular flexibility index (Phi) is 2.21. The molecule has 3 nitrogen and oxygen atoms in total. The molecular formula is C5H2N2OS2. The summed E-state index contributed by atoms with van der Waals surface area (Å²) in [5.74, 6) is 0. The summed E-state index contributed by atoms with van der Waals surface area (Å²) >= 11 is 1.88. The Bertz CT molecular complexity index is 215. The van der Waals surface area contributed by atoms with Gasteiger partial charge in [-0.2, -0.15) is 10.5 Å². The number of carbonyl (C=O) groups is 1. The van der Waals surface area contributed by atoms with Gasteiger partial charge in [-0.1, -0.05) is 23.5 Å². The first kappa shape index (κ1) is 7.46. The van der Waals surface area contributed by atoms with E-state index < -0.39 is 10.5 Å². The van der Waals surface area contributed by atoms with Crippen molar-refractivity contribution in [1.29, 1.82) is 10.5 Å². The van der Waals surface area contributed by atoms with Crippen LogP contribution in [0, 0.1) is 22.7 Å². The number of carbonyl (C=O) groups excluding carboxylic acids is 1. The molecule has 0 amide bonds. The van der Waals surface area contributed by atoms with Gasteiger partial charge in [0.25, 0.3) is 0 Å². The summed E-state index contributed by atoms with van der Waals surface area (Å²) in [6.07, 6.45) is 0. The van der Waals surface area contributed by atoms with Crippen LogP contribution in [-0.4, -0.2) is 14.9 Å². The molecule has 1 heterocycles. The molecule has 1 saturated heterocycles. The highest BCUT2D eigenvalue weighted by Gasteiger charge is 2.34. The van der Waals surface area contributed by atoms with Crippen LogP contribution in [0.25, 0.3) is 0 Å². The third-order valence-corrected chi connectivity index (χ3v) is 3.37. The van der Waals surface area contributed by atoms with Crippen LogP contribution in [0.2, 0.25) is 0 Å². The van der Waals surface area contributed by atoms with Crippen molar-refractivity contribution in [2.45, 2.75) is 10.5 Å². The van der Waals surface area contributed by atoms with Gasteiger partial charge < -0.3 is 0 Å². The van der Waals surface area contributed by atoms with Crippen molar-refractivity contribution in [2.24, 2.45) is 0 Å². The van der Waals surface area contributed by atoms with Crippen molar-refractivity contribution < 1.29 is 4.79 Å². The Morgan fingerprint density at radius 1 is 1.20 bits per heavy atom. The largest absolute Gasteiger partial charge is 0.274 e. The molecule has 2 atom stereocenters. The van der Waals surface area contributed by atoms with Crippen LogP contribution in [0.3, 0.4) is 0 Å². The van der Waals surface area contributed by atoms with E-state index in [4.69, 9.17) is 10.5 Å². The van der Waals surface area contributed by atoms with Crippen molar-refractivity contribution in [2.75, 3.05) is 0 Å². The quantitative estimate of drug-likeness (QED) is 0.549. The van der Waals surface area contributed by atoms with Gasteiger partial charge in [0.1, 0.15) is 10.5 Å². The summed E-state index contributed by atoms with van der Waals surface area (Å²) in [6.45, 7) is 0. The molecular weight excluding hydrogens is 168 g/mol. The molecule has 0 spiro atoms. The van der Waals surface area contributed by atoms with Crippen molar-refractivity contribution >= 4 is 28.0 Å². The van der Waals surface area contributed by atoms with Crippen LogP contribution in [0.1, 0.15) is 0 Å². The number of thioether (sulfide) groups is 2. The van der Waals surface area contributed by atoms with Gasteiger partial charge in [0, 0.05) is 0 Å². The van der Waals surface area contributed by atoms with Gasteiger partial charge in [-0.25, -0.2) is 0 Å². The summed E-state index contributed by atoms with van der Waals surface area (Å²) in [7, 11) is 0. The zero-order valence-electron chi connectivity index (χ0n) is 4.77. The molecule has 1 aliphatic heterocycles. The second-order valence-electron chi connectivity index (χ2n) is 1.59. The molecule has 1 fully saturated rings. The summed E-state index contributed by atoms with van der Waals surface area (Å²) in [5.41, 5.74) is 0. The number of rotatable bonds is 0. The minimum Gasteiger partial charge on any atom is -0.274 e. The van der Waals surface area contributed by atoms with Gasteiger partial charge in [-0.15, -0.1) is 0 Å². The van der Waals surface area contributed by atoms with E-state index in [1.807, 2.05) is 12.1 Å². The van der Waals surface area contributed by atoms with E-state index >= 15 is 0 Å². The van der Waals surface area contributed by atoms with Crippen LogP contribution < -0.4 is 0 Å². The standard InChI is InChI=1S/C5H2N2OS2/c6-1-3-4(2-7)10-5(8)9-3/h3-4H. The maximum Gasteiger partial charge on any atom is 0.248 e. The monoisotopic (exact) mass is 170 g/mol. The summed E-state index contributed by atoms with van der Waals surface area (Å²) in [6, 6.07) is 3.79. The van der Waals surface area contributed by atoms with Crippen molar-refractivity contribution in [3.05, 3.63) is 0 Å². The van der Waals surface area contributed by atoms with Crippen molar-refractivity contribution in [3.63, 3.8) is 0 Å². The van der Waals surface area contributed by atoms with Crippen LogP contribution in [0.4, 0.5) is 4.79 Å². The highest BCUT2D eigenvalue weighted by atomic mass is 32.2. The molecule has 0 saturated carbocycles. The average molecular weight is 170 g/mol. The van der Waals surface area contributed by atoms with Gasteiger partial charge >= 0.3 is 0 Å². The molecule has 1 rings (SSSR count). The lowest BCUT2D eigenvalue weighted by Gasteiger charge is -1.95. The second kappa shape index (κ2) is 2.96. The fourth-order valence-corrected chi connectivity index (χ4v) is 2.61. The fourth-order valence-electron chi connectivity index (χ4n) is 0.547. The molecule has 5 heteroatoms. The zero-order chi connectivity index (χ0) is 7.56. The highest BCUT2D eigenvalue weighted by molar-refractivity contribution is 8.42. The van der Waals surface area contributed by atoms with Gasteiger partial charge in [0.15, 0.2) is 0 Å². The van der Waals surface area contributed by atoms with Gasteiger partial charge in [-0.05, 0) is 0 Å². The van der Waals surface area contributed by atoms with Crippen LogP contribution in [-0.2, 0) is 0 Å². The molecule has 0 bridgehead atoms. The summed E-state index contributed by atoms with van der Waals surface area (Å²) < 4.78 is -0.127. The molecule has 0 aromatic heterocycles. The van der Waals surface area contributed by atoms with Gasteiger partial charge in [0.05, 0.1) is 12.1 Å². The third kappa shape index (κ3) is 1.26. The first-order chi connectivity index (χ1) is 4.77. The lowest BCUT2D eigenvalue weighted by molar-refractivity contribution is 0.277. The van der Waals surface area contributed by atoms with E-state index in [0.29, 0.717) is 0 Å². The predicted molar refractivity (Wildman–Crippen MR) is 39.4 cm³/mol. The summed E-state index contributed by atoms with van der Waals surface area (Å²) in [5, 5.41) is 15.9. The average Bonchev–Trinajstić information content (AvgIpc) is 2.30. The van der Waals surface area contributed by atoms with Gasteiger partial charge in [-0.3, -0.25) is 4.79 Å². The van der Waals surface area contributed by atoms with E-state index in [1.54, 1.807) is 0 Å². The van der Waals surface area contributed by atoms with Crippen LogP contribution in [0.5, 0.6) is 0 Å². The molecule has 0 N–H and O–H groups in total. The van der Waals surface area contributed by atoms with E-state index in [-0.39, 0.29) is 4.45 Å². The Labute approximate surface area is 66.4 Å². The number of hydrogen-bond acceptors (Lipinski definition) is 5. The smallest absolute Gasteiger partial charge is 0.248 e. The molecule has 50 valence electrons. The SMILES string of the molecule is N#CC1SC(=O)SC1C#N. The third-order valence-electron chi connectivity index (χ3n) is 0.976. The lowest BCUT2D eigenvalue weighted by Crippen LogP contribution is -2.09. The Hall–Kier alpha value is -0.650. The molecule has 0 radical (unpaired) electrons. The molecule has 0 aromatic rings. The number of hydrogen-bond donors (Lipinski definition) is 0. The second-order valence-corrected chi connectivity index (χ2v) is 4.07. The Morgan fingerprint density at radius 2 is 1.60 bits per heavy atom. The highest BCUT2D eigenvalue weighted by Crippen LogP contribution is 2.38. The first-order valence-electron chi connectivity index (χ1n) is 2.44. The summed E-state index contributed by atoms with van der Waals surface area (Å²) in [4.78, 5) is 10.6. The van der Waals surface area contributed by atoms with Crippen molar-refractivity contribution in [3.8, 4) is 12.1 Å². The van der Waals surface area contributed by atoms with Gasteiger partial charge in [0.2, 0.25) is 4.45 Å². The molecule has 2 unspecified atom stereocenters. The Balaban J connectivity index is 2.71. The van der Waals surface area contributed by atoms with E-state index in [1.165, 1.54) is 0 Å². The maximum absolute atomic E-state index is 10.6. The molecule has 0 aromatic carbocycles. The first-order valence-corrected chi connectivity index (χ1v) is 4.20. The van der Waals surface area contributed by atoms with E-state index in [0.717, 1.165) is 23.5 Å². The molecule has 1 aliphatic rings. The minimum absolute atomic E-state index is 0.127. The number of nitriles is 2. The lowest BCUT2D eigenvalue weighted by atomic mass is 10.3. The van der Waals surface area contributed by atoms with Crippen molar-refractivity contribution in [1.82, 2.24) is 0 Å². The zero-order valence-corrected chi connectivity index (χ0v) is 6.41. The van der Waals surface area contributed by atoms with Crippen LogP contribution >= 0.6 is 23.5 Å². The maximum atomic E-state index is 10.6. The minimum atomic E-state index is -0.470. The van der Waals surface area contributed by atoms with E-state index in [9.17, 15) is 4.79 Å². The topological polar surface area (TPSA) is 64.7 Å².